The average Bonchev–Trinajstić information content (AvgIpc) is 3.01. The Bertz CT molecular complexity index is 927. The molecule has 128 valence electrons. The van der Waals surface area contributed by atoms with Crippen LogP contribution in [0, 0.1) is 6.92 Å². The van der Waals surface area contributed by atoms with Gasteiger partial charge in [-0.25, -0.2) is 4.79 Å². The van der Waals surface area contributed by atoms with Crippen molar-refractivity contribution in [3.8, 4) is 11.4 Å². The van der Waals surface area contributed by atoms with Crippen molar-refractivity contribution in [2.24, 2.45) is 0 Å². The van der Waals surface area contributed by atoms with E-state index in [0.717, 1.165) is 16.6 Å². The van der Waals surface area contributed by atoms with E-state index in [1.807, 2.05) is 43.3 Å². The van der Waals surface area contributed by atoms with Gasteiger partial charge in [0.05, 0.1) is 6.61 Å². The van der Waals surface area contributed by atoms with E-state index in [1.54, 1.807) is 6.92 Å². The minimum Gasteiger partial charge on any atom is -0.505 e. The largest absolute Gasteiger partial charge is 0.505 e. The predicted molar refractivity (Wildman–Crippen MR) is 94.7 cm³/mol. The van der Waals surface area contributed by atoms with Crippen LogP contribution in [0.3, 0.4) is 0 Å². The lowest BCUT2D eigenvalue weighted by atomic mass is 10.1. The van der Waals surface area contributed by atoms with Crippen LogP contribution in [0.15, 0.2) is 48.6 Å². The van der Waals surface area contributed by atoms with Crippen LogP contribution in [-0.2, 0) is 16.0 Å². The zero-order valence-electron chi connectivity index (χ0n) is 14.2. The van der Waals surface area contributed by atoms with Crippen LogP contribution in [0.25, 0.3) is 16.7 Å². The highest BCUT2D eigenvalue weighted by atomic mass is 16.5. The fourth-order valence-electron chi connectivity index (χ4n) is 2.52. The van der Waals surface area contributed by atoms with Crippen LogP contribution < -0.4 is 0 Å². The standard InChI is InChI=1S/C19H19N3O3/c1-12(2)19(24)25-9-8-14-10-13(3)11-17(18(14)23)22-20-15-6-4-5-7-16(15)21-22/h4-7,10-11,23H,1,8-9H2,2-3H3. The lowest BCUT2D eigenvalue weighted by Crippen LogP contribution is -2.09. The van der Waals surface area contributed by atoms with Gasteiger partial charge in [0.15, 0.2) is 0 Å². The molecule has 1 aromatic heterocycles. The molecular weight excluding hydrogens is 318 g/mol. The van der Waals surface area contributed by atoms with E-state index in [9.17, 15) is 9.90 Å². The van der Waals surface area contributed by atoms with Crippen molar-refractivity contribution in [2.75, 3.05) is 6.61 Å². The van der Waals surface area contributed by atoms with Crippen molar-refractivity contribution < 1.29 is 14.6 Å². The second-order valence-corrected chi connectivity index (χ2v) is 5.94. The van der Waals surface area contributed by atoms with E-state index in [-0.39, 0.29) is 12.4 Å². The van der Waals surface area contributed by atoms with Gasteiger partial charge in [0.25, 0.3) is 0 Å². The molecule has 2 aromatic carbocycles. The highest BCUT2D eigenvalue weighted by molar-refractivity contribution is 5.86. The Labute approximate surface area is 145 Å². The molecule has 0 fully saturated rings. The SMILES string of the molecule is C=C(C)C(=O)OCCc1cc(C)cc(-n2nc3ccccc3n2)c1O. The first-order valence-corrected chi connectivity index (χ1v) is 7.93. The smallest absolute Gasteiger partial charge is 0.333 e. The van der Waals surface area contributed by atoms with E-state index in [0.29, 0.717) is 23.2 Å². The molecule has 0 amide bonds. The van der Waals surface area contributed by atoms with Crippen LogP contribution in [0.4, 0.5) is 0 Å². The maximum absolute atomic E-state index is 11.5. The number of carbonyl (C=O) groups excluding carboxylic acids is 1. The van der Waals surface area contributed by atoms with Gasteiger partial charge in [-0.2, -0.15) is 0 Å². The first-order chi connectivity index (χ1) is 12.0. The number of phenolic OH excluding ortho intramolecular Hbond substituents is 1. The molecule has 0 saturated carbocycles. The fourth-order valence-corrected chi connectivity index (χ4v) is 2.52. The van der Waals surface area contributed by atoms with Crippen molar-refractivity contribution in [1.82, 2.24) is 15.0 Å². The molecule has 3 aromatic rings. The number of aromatic hydroxyl groups is 1. The molecule has 1 heterocycles. The second-order valence-electron chi connectivity index (χ2n) is 5.94. The quantitative estimate of drug-likeness (QED) is 0.572. The summed E-state index contributed by atoms with van der Waals surface area (Å²) in [6.45, 7) is 7.23. The molecule has 1 N–H and O–H groups in total. The Morgan fingerprint density at radius 2 is 1.88 bits per heavy atom. The number of ether oxygens (including phenoxy) is 1. The second kappa shape index (κ2) is 6.76. The first-order valence-electron chi connectivity index (χ1n) is 7.93. The summed E-state index contributed by atoms with van der Waals surface area (Å²) in [6.07, 6.45) is 0.389. The van der Waals surface area contributed by atoms with Crippen molar-refractivity contribution >= 4 is 17.0 Å². The van der Waals surface area contributed by atoms with E-state index in [1.165, 1.54) is 4.80 Å². The Balaban J connectivity index is 1.89. The van der Waals surface area contributed by atoms with Gasteiger partial charge in [-0.05, 0) is 43.2 Å². The summed E-state index contributed by atoms with van der Waals surface area (Å²) in [7, 11) is 0. The van der Waals surface area contributed by atoms with Crippen LogP contribution in [0.1, 0.15) is 18.1 Å². The van der Waals surface area contributed by atoms with Gasteiger partial charge in [0.1, 0.15) is 22.5 Å². The maximum atomic E-state index is 11.5. The van der Waals surface area contributed by atoms with Crippen molar-refractivity contribution in [2.45, 2.75) is 20.3 Å². The summed E-state index contributed by atoms with van der Waals surface area (Å²) >= 11 is 0. The number of hydrogen-bond donors (Lipinski definition) is 1. The summed E-state index contributed by atoms with van der Waals surface area (Å²) in [5, 5.41) is 19.4. The number of benzene rings is 2. The summed E-state index contributed by atoms with van der Waals surface area (Å²) in [5.41, 5.74) is 3.97. The Morgan fingerprint density at radius 3 is 2.48 bits per heavy atom. The first kappa shape index (κ1) is 16.7. The fraction of sp³-hybridized carbons (Fsp3) is 0.211. The van der Waals surface area contributed by atoms with Crippen LogP contribution in [0.5, 0.6) is 5.75 Å². The normalized spacial score (nSPS) is 10.8. The molecule has 25 heavy (non-hydrogen) atoms. The van der Waals surface area contributed by atoms with Gasteiger partial charge in [0, 0.05) is 12.0 Å². The Kier molecular flexibility index (Phi) is 4.52. The van der Waals surface area contributed by atoms with E-state index in [4.69, 9.17) is 4.74 Å². The molecule has 0 spiro atoms. The lowest BCUT2D eigenvalue weighted by molar-refractivity contribution is -0.138. The number of rotatable bonds is 5. The maximum Gasteiger partial charge on any atom is 0.333 e. The van der Waals surface area contributed by atoms with Crippen molar-refractivity contribution in [3.05, 3.63) is 59.7 Å². The molecule has 0 bridgehead atoms. The molecule has 0 unspecified atom stereocenters. The van der Waals surface area contributed by atoms with Crippen LogP contribution in [0.2, 0.25) is 0 Å². The molecule has 3 rings (SSSR count). The summed E-state index contributed by atoms with van der Waals surface area (Å²) in [5.74, 6) is -0.357. The van der Waals surface area contributed by atoms with Crippen LogP contribution in [-0.4, -0.2) is 32.7 Å². The highest BCUT2D eigenvalue weighted by Crippen LogP contribution is 2.28. The van der Waals surface area contributed by atoms with Gasteiger partial charge in [-0.15, -0.1) is 15.0 Å². The van der Waals surface area contributed by atoms with Gasteiger partial charge < -0.3 is 9.84 Å². The van der Waals surface area contributed by atoms with Gasteiger partial charge in [0.2, 0.25) is 0 Å². The van der Waals surface area contributed by atoms with Gasteiger partial charge >= 0.3 is 5.97 Å². The lowest BCUT2D eigenvalue weighted by Gasteiger charge is -2.11. The zero-order valence-corrected chi connectivity index (χ0v) is 14.2. The average molecular weight is 337 g/mol. The number of nitrogens with zero attached hydrogens (tertiary/aromatic N) is 3. The number of hydrogen-bond acceptors (Lipinski definition) is 5. The minimum absolute atomic E-state index is 0.0808. The third kappa shape index (κ3) is 3.52. The van der Waals surface area contributed by atoms with Gasteiger partial charge in [-0.1, -0.05) is 24.8 Å². The Hall–Kier alpha value is -3.15. The van der Waals surface area contributed by atoms with Crippen LogP contribution >= 0.6 is 0 Å². The molecule has 0 aliphatic heterocycles. The summed E-state index contributed by atoms with van der Waals surface area (Å²) < 4.78 is 5.11. The minimum atomic E-state index is -0.438. The van der Waals surface area contributed by atoms with Gasteiger partial charge in [-0.3, -0.25) is 0 Å². The summed E-state index contributed by atoms with van der Waals surface area (Å²) in [4.78, 5) is 12.9. The topological polar surface area (TPSA) is 77.2 Å². The predicted octanol–water partition coefficient (Wildman–Crippen LogP) is 3.10. The molecule has 0 aliphatic carbocycles. The number of esters is 1. The van der Waals surface area contributed by atoms with E-state index in [2.05, 4.69) is 16.8 Å². The third-order valence-corrected chi connectivity index (χ3v) is 3.77. The molecule has 6 nitrogen and oxygen atoms in total. The number of phenols is 1. The molecule has 0 radical (unpaired) electrons. The molecule has 0 atom stereocenters. The zero-order chi connectivity index (χ0) is 18.0. The summed E-state index contributed by atoms with van der Waals surface area (Å²) in [6, 6.07) is 11.2. The number of aryl methyl sites for hydroxylation is 1. The third-order valence-electron chi connectivity index (χ3n) is 3.77. The van der Waals surface area contributed by atoms with Crippen molar-refractivity contribution in [3.63, 3.8) is 0 Å². The number of aromatic nitrogens is 3. The van der Waals surface area contributed by atoms with Crippen molar-refractivity contribution in [1.29, 1.82) is 0 Å². The molecule has 0 aliphatic rings. The monoisotopic (exact) mass is 337 g/mol. The molecule has 0 saturated heterocycles. The highest BCUT2D eigenvalue weighted by Gasteiger charge is 2.14. The van der Waals surface area contributed by atoms with E-state index < -0.39 is 5.97 Å². The molecular formula is C19H19N3O3. The molecule has 6 heteroatoms. The number of fused-ring (bicyclic) bond motifs is 1. The van der Waals surface area contributed by atoms with E-state index >= 15 is 0 Å². The Morgan fingerprint density at radius 1 is 1.24 bits per heavy atom. The number of carbonyl (C=O) groups is 1.